The van der Waals surface area contributed by atoms with Crippen molar-refractivity contribution in [2.24, 2.45) is 0 Å². The Bertz CT molecular complexity index is 853. The second-order valence-corrected chi connectivity index (χ2v) is 9.37. The number of hydrogen-bond acceptors (Lipinski definition) is 4. The van der Waals surface area contributed by atoms with Gasteiger partial charge in [0.15, 0.2) is 0 Å². The van der Waals surface area contributed by atoms with Gasteiger partial charge in [0.05, 0.1) is 0 Å². The van der Waals surface area contributed by atoms with Crippen molar-refractivity contribution in [3.8, 4) is 0 Å². The Balaban J connectivity index is 1.69. The van der Waals surface area contributed by atoms with Crippen molar-refractivity contribution in [2.45, 2.75) is 48.7 Å². The minimum atomic E-state index is 0.0461. The maximum absolute atomic E-state index is 12.3. The smallest absolute Gasteiger partial charge is 0.253 e. The van der Waals surface area contributed by atoms with E-state index in [1.54, 1.807) is 30.8 Å². The van der Waals surface area contributed by atoms with Gasteiger partial charge in [-0.1, -0.05) is 6.07 Å². The van der Waals surface area contributed by atoms with Gasteiger partial charge in [-0.15, -0.1) is 11.8 Å². The third-order valence-corrected chi connectivity index (χ3v) is 7.29. The molecule has 1 amide bonds. The van der Waals surface area contributed by atoms with Crippen molar-refractivity contribution < 1.29 is 4.79 Å². The van der Waals surface area contributed by atoms with Crippen LogP contribution in [0, 0.1) is 0 Å². The molecule has 0 saturated carbocycles. The molecule has 4 nitrogen and oxygen atoms in total. The van der Waals surface area contributed by atoms with E-state index in [9.17, 15) is 4.79 Å². The van der Waals surface area contributed by atoms with Gasteiger partial charge in [0.1, 0.15) is 0 Å². The van der Waals surface area contributed by atoms with Crippen molar-refractivity contribution in [1.29, 1.82) is 0 Å². The fourth-order valence-electron chi connectivity index (χ4n) is 4.95. The van der Waals surface area contributed by atoms with E-state index in [2.05, 4.69) is 59.5 Å². The fourth-order valence-corrected chi connectivity index (χ4v) is 5.40. The summed E-state index contributed by atoms with van der Waals surface area (Å²) >= 11 is 1.78. The summed E-state index contributed by atoms with van der Waals surface area (Å²) in [6.07, 6.45) is 7.13. The van der Waals surface area contributed by atoms with Crippen molar-refractivity contribution in [3.63, 3.8) is 0 Å². The first-order valence-corrected chi connectivity index (χ1v) is 11.7. The molecular formula is C24H31N3OS. The first-order valence-electron chi connectivity index (χ1n) is 10.4. The Morgan fingerprint density at radius 3 is 2.24 bits per heavy atom. The van der Waals surface area contributed by atoms with Crippen LogP contribution in [0.2, 0.25) is 0 Å². The lowest BCUT2D eigenvalue weighted by Crippen LogP contribution is -2.47. The van der Waals surface area contributed by atoms with E-state index >= 15 is 0 Å². The van der Waals surface area contributed by atoms with E-state index < -0.39 is 0 Å². The number of piperidine rings is 1. The third-order valence-electron chi connectivity index (χ3n) is 6.57. The highest BCUT2D eigenvalue weighted by Crippen LogP contribution is 2.41. The normalized spacial score (nSPS) is 23.8. The van der Waals surface area contributed by atoms with E-state index in [4.69, 9.17) is 0 Å². The standard InChI is InChI=1S/C24H31N3OS/c1-25(2)24(28)17-8-10-18(11-9-17)27(21-6-5-7-23(16-21)29-4)22-14-19-12-13-20(15-22)26(19)3/h5-11,16,19-20,22H,12-15H2,1-4H3/t19-,20+,22?. The second kappa shape index (κ2) is 8.41. The molecule has 0 radical (unpaired) electrons. The summed E-state index contributed by atoms with van der Waals surface area (Å²) in [5.41, 5.74) is 3.16. The predicted octanol–water partition coefficient (Wildman–Crippen LogP) is 4.87. The Kier molecular flexibility index (Phi) is 5.88. The zero-order valence-electron chi connectivity index (χ0n) is 17.8. The molecule has 2 saturated heterocycles. The number of fused-ring (bicyclic) bond motifs is 2. The van der Waals surface area contributed by atoms with Crippen LogP contribution in [0.25, 0.3) is 0 Å². The largest absolute Gasteiger partial charge is 0.345 e. The molecule has 29 heavy (non-hydrogen) atoms. The first kappa shape index (κ1) is 20.3. The lowest BCUT2D eigenvalue weighted by Gasteiger charge is -2.43. The molecule has 5 heteroatoms. The molecule has 0 spiro atoms. The number of amides is 1. The molecule has 0 aliphatic carbocycles. The number of anilines is 2. The molecule has 2 aliphatic rings. The molecule has 2 bridgehead atoms. The Morgan fingerprint density at radius 2 is 1.66 bits per heavy atom. The number of thioether (sulfide) groups is 1. The number of benzene rings is 2. The average molecular weight is 410 g/mol. The lowest BCUT2D eigenvalue weighted by molar-refractivity contribution is 0.0827. The van der Waals surface area contributed by atoms with Gasteiger partial charge < -0.3 is 14.7 Å². The highest BCUT2D eigenvalue weighted by Gasteiger charge is 2.40. The first-order chi connectivity index (χ1) is 14.0. The van der Waals surface area contributed by atoms with Gasteiger partial charge in [0, 0.05) is 54.1 Å². The van der Waals surface area contributed by atoms with Crippen LogP contribution in [-0.4, -0.2) is 61.2 Å². The van der Waals surface area contributed by atoms with Crippen LogP contribution in [0.15, 0.2) is 53.4 Å². The zero-order valence-corrected chi connectivity index (χ0v) is 18.7. The van der Waals surface area contributed by atoms with Crippen LogP contribution in [0.1, 0.15) is 36.0 Å². The average Bonchev–Trinajstić information content (AvgIpc) is 2.94. The third kappa shape index (κ3) is 4.03. The molecule has 2 fully saturated rings. The summed E-state index contributed by atoms with van der Waals surface area (Å²) in [4.78, 5) is 20.3. The van der Waals surface area contributed by atoms with Gasteiger partial charge in [-0.25, -0.2) is 0 Å². The highest BCUT2D eigenvalue weighted by molar-refractivity contribution is 7.98. The minimum absolute atomic E-state index is 0.0461. The van der Waals surface area contributed by atoms with Gasteiger partial charge >= 0.3 is 0 Å². The SMILES string of the molecule is CSc1cccc(N(c2ccc(C(=O)N(C)C)cc2)C2C[C@H]3CC[C@@H](C2)N3C)c1. The monoisotopic (exact) mass is 409 g/mol. The van der Waals surface area contributed by atoms with Crippen LogP contribution >= 0.6 is 11.8 Å². The molecule has 154 valence electrons. The van der Waals surface area contributed by atoms with Gasteiger partial charge in [-0.2, -0.15) is 0 Å². The van der Waals surface area contributed by atoms with E-state index in [0.717, 1.165) is 5.56 Å². The summed E-state index contributed by atoms with van der Waals surface area (Å²) in [7, 11) is 5.88. The Labute approximate surface area is 178 Å². The molecule has 2 aromatic carbocycles. The molecular weight excluding hydrogens is 378 g/mol. The number of nitrogens with zero attached hydrogens (tertiary/aromatic N) is 3. The highest BCUT2D eigenvalue weighted by atomic mass is 32.2. The van der Waals surface area contributed by atoms with Crippen LogP contribution < -0.4 is 4.90 Å². The Hall–Kier alpha value is -1.98. The van der Waals surface area contributed by atoms with Crippen LogP contribution in [0.3, 0.4) is 0 Å². The van der Waals surface area contributed by atoms with E-state index in [0.29, 0.717) is 18.1 Å². The maximum atomic E-state index is 12.3. The maximum Gasteiger partial charge on any atom is 0.253 e. The van der Waals surface area contributed by atoms with E-state index in [1.165, 1.54) is 42.0 Å². The van der Waals surface area contributed by atoms with Gasteiger partial charge in [-0.3, -0.25) is 4.79 Å². The van der Waals surface area contributed by atoms with E-state index in [1.807, 2.05) is 12.1 Å². The molecule has 0 aromatic heterocycles. The van der Waals surface area contributed by atoms with Crippen molar-refractivity contribution >= 4 is 29.0 Å². The van der Waals surface area contributed by atoms with Crippen molar-refractivity contribution in [1.82, 2.24) is 9.80 Å². The fraction of sp³-hybridized carbons (Fsp3) is 0.458. The second-order valence-electron chi connectivity index (χ2n) is 8.49. The van der Waals surface area contributed by atoms with Crippen LogP contribution in [0.5, 0.6) is 0 Å². The Morgan fingerprint density at radius 1 is 1.00 bits per heavy atom. The van der Waals surface area contributed by atoms with Crippen molar-refractivity contribution in [2.75, 3.05) is 32.3 Å². The summed E-state index contributed by atoms with van der Waals surface area (Å²) in [5, 5.41) is 0. The molecule has 2 aliphatic heterocycles. The number of carbonyl (C=O) groups excluding carboxylic acids is 1. The molecule has 0 N–H and O–H groups in total. The predicted molar refractivity (Wildman–Crippen MR) is 122 cm³/mol. The molecule has 3 atom stereocenters. The van der Waals surface area contributed by atoms with Crippen LogP contribution in [0.4, 0.5) is 11.4 Å². The zero-order chi connectivity index (χ0) is 20.5. The molecule has 2 heterocycles. The van der Waals surface area contributed by atoms with E-state index in [-0.39, 0.29) is 5.91 Å². The van der Waals surface area contributed by atoms with Crippen molar-refractivity contribution in [3.05, 3.63) is 54.1 Å². The van der Waals surface area contributed by atoms with Gasteiger partial charge in [0.2, 0.25) is 0 Å². The van der Waals surface area contributed by atoms with Gasteiger partial charge in [-0.05, 0) is 81.5 Å². The number of rotatable bonds is 5. The molecule has 1 unspecified atom stereocenters. The number of carbonyl (C=O) groups is 1. The summed E-state index contributed by atoms with van der Waals surface area (Å²) in [6, 6.07) is 18.8. The summed E-state index contributed by atoms with van der Waals surface area (Å²) in [6.45, 7) is 0. The van der Waals surface area contributed by atoms with Gasteiger partial charge in [0.25, 0.3) is 5.91 Å². The topological polar surface area (TPSA) is 26.8 Å². The number of hydrogen-bond donors (Lipinski definition) is 0. The quantitative estimate of drug-likeness (QED) is 0.658. The molecule has 2 aromatic rings. The summed E-state index contributed by atoms with van der Waals surface area (Å²) in [5.74, 6) is 0.0461. The van der Waals surface area contributed by atoms with Crippen LogP contribution in [-0.2, 0) is 0 Å². The lowest BCUT2D eigenvalue weighted by atomic mass is 9.95. The minimum Gasteiger partial charge on any atom is -0.345 e. The summed E-state index contributed by atoms with van der Waals surface area (Å²) < 4.78 is 0. The molecule has 4 rings (SSSR count).